The molecule has 2 aromatic carbocycles. The van der Waals surface area contributed by atoms with Gasteiger partial charge in [-0.1, -0.05) is 30.3 Å². The molecule has 0 aliphatic carbocycles. The molecule has 6 nitrogen and oxygen atoms in total. The van der Waals surface area contributed by atoms with E-state index in [1.54, 1.807) is 32.9 Å². The zero-order valence-corrected chi connectivity index (χ0v) is 19.6. The second kappa shape index (κ2) is 9.20. The predicted molar refractivity (Wildman–Crippen MR) is 129 cm³/mol. The van der Waals surface area contributed by atoms with Crippen LogP contribution in [0, 0.1) is 0 Å². The summed E-state index contributed by atoms with van der Waals surface area (Å²) >= 11 is 6.15. The van der Waals surface area contributed by atoms with Gasteiger partial charge >= 0.3 is 11.9 Å². The van der Waals surface area contributed by atoms with Gasteiger partial charge in [0.1, 0.15) is 11.6 Å². The van der Waals surface area contributed by atoms with Crippen LogP contribution in [0.1, 0.15) is 58.1 Å². The molecule has 33 heavy (non-hydrogen) atoms. The lowest BCUT2D eigenvalue weighted by atomic mass is 9.87. The van der Waals surface area contributed by atoms with E-state index < -0.39 is 36.7 Å². The number of nitrogens with zero attached hydrogens (tertiary/aromatic N) is 1. The van der Waals surface area contributed by atoms with Crippen molar-refractivity contribution in [3.63, 3.8) is 0 Å². The fourth-order valence-corrected chi connectivity index (χ4v) is 4.69. The average Bonchev–Trinajstić information content (AvgIpc) is 3.15. The number of rotatable bonds is 5. The summed E-state index contributed by atoms with van der Waals surface area (Å²) < 4.78 is 32.6. The van der Waals surface area contributed by atoms with E-state index in [1.165, 1.54) is 0 Å². The number of ether oxygens (including phenoxy) is 2. The van der Waals surface area contributed by atoms with Gasteiger partial charge in [-0.15, -0.1) is 11.6 Å². The Morgan fingerprint density at radius 3 is 2.58 bits per heavy atom. The van der Waals surface area contributed by atoms with Crippen molar-refractivity contribution in [3.05, 3.63) is 70.9 Å². The molecular weight excluding hydrogens is 440 g/mol. The minimum absolute atomic E-state index is 0.222. The number of aromatic nitrogens is 1. The SMILES string of the molecule is [2H]C([2H])([2H])OC(=O)[C@H]1Cc2c([nH]c3ccccc23)[C@H](c2ccc(C(=O)OC(C)(C)C)cc2)N1CCCl. The molecule has 0 fully saturated rings. The van der Waals surface area contributed by atoms with Crippen LogP contribution in [0.3, 0.4) is 0 Å². The molecule has 2 heterocycles. The Hall–Kier alpha value is -2.83. The van der Waals surface area contributed by atoms with Gasteiger partial charge in [-0.2, -0.15) is 0 Å². The van der Waals surface area contributed by atoms with Crippen molar-refractivity contribution < 1.29 is 23.2 Å². The highest BCUT2D eigenvalue weighted by molar-refractivity contribution is 6.18. The van der Waals surface area contributed by atoms with Crippen molar-refractivity contribution >= 4 is 34.4 Å². The number of carbonyl (C=O) groups excluding carboxylic acids is 2. The number of hydrogen-bond acceptors (Lipinski definition) is 5. The number of aromatic amines is 1. The highest BCUT2D eigenvalue weighted by Crippen LogP contribution is 2.41. The minimum Gasteiger partial charge on any atom is -0.468 e. The maximum absolute atomic E-state index is 13.1. The number of hydrogen-bond donors (Lipinski definition) is 1. The normalized spacial score (nSPS) is 20.4. The first-order valence-electron chi connectivity index (χ1n) is 12.4. The van der Waals surface area contributed by atoms with Crippen molar-refractivity contribution in [2.45, 2.75) is 44.9 Å². The zero-order valence-electron chi connectivity index (χ0n) is 21.9. The van der Waals surface area contributed by atoms with Gasteiger partial charge in [0.05, 0.1) is 22.8 Å². The number of methoxy groups -OCH3 is 1. The number of nitrogens with one attached hydrogen (secondary N) is 1. The van der Waals surface area contributed by atoms with Gasteiger partial charge in [0.15, 0.2) is 0 Å². The van der Waals surface area contributed by atoms with Gasteiger partial charge in [0.25, 0.3) is 0 Å². The first-order valence-corrected chi connectivity index (χ1v) is 11.4. The fourth-order valence-electron chi connectivity index (χ4n) is 4.50. The molecule has 0 bridgehead atoms. The third-order valence-electron chi connectivity index (χ3n) is 5.83. The van der Waals surface area contributed by atoms with Crippen molar-refractivity contribution in [1.29, 1.82) is 0 Å². The van der Waals surface area contributed by atoms with Crippen LogP contribution in [0.4, 0.5) is 0 Å². The molecule has 3 aromatic rings. The Kier molecular flexibility index (Phi) is 5.47. The fraction of sp³-hybridized carbons (Fsp3) is 0.385. The van der Waals surface area contributed by atoms with Crippen molar-refractivity contribution in [2.24, 2.45) is 0 Å². The Bertz CT molecular complexity index is 1260. The molecule has 0 radical (unpaired) electrons. The Morgan fingerprint density at radius 2 is 1.91 bits per heavy atom. The summed E-state index contributed by atoms with van der Waals surface area (Å²) in [4.78, 5) is 31.0. The van der Waals surface area contributed by atoms with Gasteiger partial charge in [-0.3, -0.25) is 9.69 Å². The quantitative estimate of drug-likeness (QED) is 0.425. The molecule has 7 heteroatoms. The van der Waals surface area contributed by atoms with Crippen molar-refractivity contribution in [2.75, 3.05) is 19.5 Å². The van der Waals surface area contributed by atoms with Crippen LogP contribution in [-0.2, 0) is 20.7 Å². The minimum atomic E-state index is -2.85. The number of esters is 2. The molecule has 0 spiro atoms. The van der Waals surface area contributed by atoms with E-state index in [-0.39, 0.29) is 12.3 Å². The maximum Gasteiger partial charge on any atom is 0.338 e. The van der Waals surface area contributed by atoms with Gasteiger partial charge < -0.3 is 14.5 Å². The summed E-state index contributed by atoms with van der Waals surface area (Å²) in [6.07, 6.45) is 0.275. The lowest BCUT2D eigenvalue weighted by Gasteiger charge is -2.40. The molecule has 4 rings (SSSR count). The van der Waals surface area contributed by atoms with Crippen LogP contribution in [0.25, 0.3) is 10.9 Å². The van der Waals surface area contributed by atoms with E-state index in [4.69, 9.17) is 25.2 Å². The number of fused-ring (bicyclic) bond motifs is 3. The Labute approximate surface area is 203 Å². The third kappa shape index (κ3) is 4.63. The summed E-state index contributed by atoms with van der Waals surface area (Å²) in [6, 6.07) is 13.5. The Balaban J connectivity index is 1.80. The second-order valence-electron chi connectivity index (χ2n) is 9.16. The molecule has 0 saturated heterocycles. The first-order chi connectivity index (χ1) is 16.9. The van der Waals surface area contributed by atoms with Crippen LogP contribution in [0.5, 0.6) is 0 Å². The summed E-state index contributed by atoms with van der Waals surface area (Å²) in [6.45, 7) is 5.74. The zero-order chi connectivity index (χ0) is 26.3. The molecule has 2 atom stereocenters. The average molecular weight is 472 g/mol. The summed E-state index contributed by atoms with van der Waals surface area (Å²) in [5.74, 6) is -1.04. The van der Waals surface area contributed by atoms with Crippen LogP contribution >= 0.6 is 11.6 Å². The first kappa shape index (κ1) is 19.6. The standard InChI is InChI=1S/C26H29ClN2O4/c1-26(2,3)33-24(30)17-11-9-16(10-12-17)23-22-19(18-7-5-6-8-20(18)28-22)15-21(25(31)32-4)29(23)14-13-27/h5-12,21,23,28H,13-15H2,1-4H3/t21-,23+/m1/s1/i4D3. The van der Waals surface area contributed by atoms with E-state index in [2.05, 4.69) is 4.98 Å². The highest BCUT2D eigenvalue weighted by atomic mass is 35.5. The molecule has 1 aromatic heterocycles. The number of para-hydroxylation sites is 1. The molecule has 0 amide bonds. The molecule has 0 saturated carbocycles. The smallest absolute Gasteiger partial charge is 0.338 e. The summed E-state index contributed by atoms with van der Waals surface area (Å²) in [5.41, 5.74) is 3.32. The highest BCUT2D eigenvalue weighted by Gasteiger charge is 2.41. The van der Waals surface area contributed by atoms with Crippen molar-refractivity contribution in [3.8, 4) is 0 Å². The number of carbonyl (C=O) groups is 2. The van der Waals surface area contributed by atoms with E-state index in [1.807, 2.05) is 41.3 Å². The Morgan fingerprint density at radius 1 is 1.18 bits per heavy atom. The van der Waals surface area contributed by atoms with Gasteiger partial charge in [0.2, 0.25) is 0 Å². The van der Waals surface area contributed by atoms with E-state index in [0.717, 1.165) is 27.7 Å². The number of H-pyrrole nitrogens is 1. The van der Waals surface area contributed by atoms with Crippen LogP contribution in [0.2, 0.25) is 0 Å². The molecule has 0 unspecified atom stereocenters. The van der Waals surface area contributed by atoms with Crippen LogP contribution < -0.4 is 0 Å². The topological polar surface area (TPSA) is 71.6 Å². The predicted octanol–water partition coefficient (Wildman–Crippen LogP) is 4.85. The monoisotopic (exact) mass is 471 g/mol. The number of alkyl halides is 1. The summed E-state index contributed by atoms with van der Waals surface area (Å²) in [5, 5.41) is 0.958. The van der Waals surface area contributed by atoms with Crippen molar-refractivity contribution in [1.82, 2.24) is 9.88 Å². The lowest BCUT2D eigenvalue weighted by molar-refractivity contribution is -0.148. The van der Waals surface area contributed by atoms with E-state index in [0.29, 0.717) is 12.1 Å². The van der Waals surface area contributed by atoms with E-state index in [9.17, 15) is 9.59 Å². The summed E-state index contributed by atoms with van der Waals surface area (Å²) in [7, 11) is -2.85. The molecular formula is C26H29ClN2O4. The lowest BCUT2D eigenvalue weighted by Crippen LogP contribution is -2.49. The molecule has 1 N–H and O–H groups in total. The number of halogens is 1. The second-order valence-corrected chi connectivity index (χ2v) is 9.54. The molecule has 174 valence electrons. The molecule has 1 aliphatic heterocycles. The van der Waals surface area contributed by atoms with E-state index >= 15 is 0 Å². The maximum atomic E-state index is 13.1. The van der Waals surface area contributed by atoms with Gasteiger partial charge in [-0.25, -0.2) is 4.79 Å². The molecule has 1 aliphatic rings. The van der Waals surface area contributed by atoms with Crippen LogP contribution in [0.15, 0.2) is 48.5 Å². The van der Waals surface area contributed by atoms with Gasteiger partial charge in [0, 0.05) is 35.4 Å². The third-order valence-corrected chi connectivity index (χ3v) is 5.99. The van der Waals surface area contributed by atoms with Gasteiger partial charge in [-0.05, 0) is 50.1 Å². The number of benzene rings is 2. The van der Waals surface area contributed by atoms with Crippen LogP contribution in [-0.4, -0.2) is 52.9 Å². The largest absolute Gasteiger partial charge is 0.468 e.